The molecule has 0 fully saturated rings. The van der Waals surface area contributed by atoms with Crippen LogP contribution in [0.25, 0.3) is 0 Å². The van der Waals surface area contributed by atoms with Crippen molar-refractivity contribution in [2.24, 2.45) is 0 Å². The maximum atomic E-state index is 12.4. The molecule has 0 aliphatic carbocycles. The number of aromatic nitrogens is 1. The van der Waals surface area contributed by atoms with E-state index in [1.165, 1.54) is 0 Å². The Morgan fingerprint density at radius 3 is 2.58 bits per heavy atom. The second-order valence-electron chi connectivity index (χ2n) is 4.21. The van der Waals surface area contributed by atoms with Crippen LogP contribution in [-0.4, -0.2) is 13.4 Å². The summed E-state index contributed by atoms with van der Waals surface area (Å²) in [5.41, 5.74) is 2.01. The lowest BCUT2D eigenvalue weighted by atomic mass is 10.2. The molecule has 4 nitrogen and oxygen atoms in total. The summed E-state index contributed by atoms with van der Waals surface area (Å²) >= 11 is 3.29. The lowest BCUT2D eigenvalue weighted by Crippen LogP contribution is -2.15. The Morgan fingerprint density at radius 1 is 1.16 bits per heavy atom. The van der Waals surface area contributed by atoms with Gasteiger partial charge in [0.05, 0.1) is 10.6 Å². The number of anilines is 1. The van der Waals surface area contributed by atoms with Crippen molar-refractivity contribution in [3.63, 3.8) is 0 Å². The standard InChI is InChI=1S/C13H13BrN2O2S/c1-9-3-4-11(14)7-13(9)19(17,18)16-12-5-6-15-8-10(12)2/h3-8H,1-2H3,(H,15,16). The third-order valence-corrected chi connectivity index (χ3v) is 4.71. The van der Waals surface area contributed by atoms with Crippen molar-refractivity contribution in [1.82, 2.24) is 4.98 Å². The average Bonchev–Trinajstić information content (AvgIpc) is 2.35. The fourth-order valence-corrected chi connectivity index (χ4v) is 3.57. The molecule has 0 atom stereocenters. The Bertz CT molecular complexity index is 714. The molecule has 100 valence electrons. The monoisotopic (exact) mass is 340 g/mol. The highest BCUT2D eigenvalue weighted by atomic mass is 79.9. The predicted molar refractivity (Wildman–Crippen MR) is 78.7 cm³/mol. The van der Waals surface area contributed by atoms with E-state index in [1.54, 1.807) is 44.4 Å². The first-order valence-corrected chi connectivity index (χ1v) is 7.87. The molecule has 0 aliphatic rings. The highest BCUT2D eigenvalue weighted by Crippen LogP contribution is 2.24. The number of sulfonamides is 1. The Labute approximate surface area is 121 Å². The van der Waals surface area contributed by atoms with E-state index in [9.17, 15) is 8.42 Å². The third kappa shape index (κ3) is 3.13. The van der Waals surface area contributed by atoms with Gasteiger partial charge in [-0.2, -0.15) is 0 Å². The molecule has 1 heterocycles. The third-order valence-electron chi connectivity index (χ3n) is 2.70. The predicted octanol–water partition coefficient (Wildman–Crippen LogP) is 3.26. The van der Waals surface area contributed by atoms with Crippen LogP contribution >= 0.6 is 15.9 Å². The minimum Gasteiger partial charge on any atom is -0.279 e. The van der Waals surface area contributed by atoms with Gasteiger partial charge >= 0.3 is 0 Å². The molecular weight excluding hydrogens is 328 g/mol. The fourth-order valence-electron chi connectivity index (χ4n) is 1.65. The Balaban J connectivity index is 2.44. The summed E-state index contributed by atoms with van der Waals surface area (Å²) in [6.07, 6.45) is 3.17. The van der Waals surface area contributed by atoms with Gasteiger partial charge in [0, 0.05) is 16.9 Å². The van der Waals surface area contributed by atoms with E-state index in [0.29, 0.717) is 11.3 Å². The van der Waals surface area contributed by atoms with E-state index in [1.807, 2.05) is 6.07 Å². The summed E-state index contributed by atoms with van der Waals surface area (Å²) in [6, 6.07) is 6.80. The first kappa shape index (κ1) is 14.0. The van der Waals surface area contributed by atoms with Crippen LogP contribution in [0.5, 0.6) is 0 Å². The van der Waals surface area contributed by atoms with E-state index in [0.717, 1.165) is 10.0 Å². The molecular formula is C13H13BrN2O2S. The van der Waals surface area contributed by atoms with Crippen molar-refractivity contribution < 1.29 is 8.42 Å². The number of rotatable bonds is 3. The van der Waals surface area contributed by atoms with Crippen LogP contribution < -0.4 is 4.72 Å². The molecule has 0 aliphatic heterocycles. The van der Waals surface area contributed by atoms with E-state index in [4.69, 9.17) is 0 Å². The number of hydrogen-bond donors (Lipinski definition) is 1. The topological polar surface area (TPSA) is 59.1 Å². The first-order chi connectivity index (χ1) is 8.90. The number of benzene rings is 1. The maximum Gasteiger partial charge on any atom is 0.262 e. The van der Waals surface area contributed by atoms with Crippen molar-refractivity contribution in [2.45, 2.75) is 18.7 Å². The van der Waals surface area contributed by atoms with E-state index in [-0.39, 0.29) is 4.90 Å². The maximum absolute atomic E-state index is 12.4. The molecule has 1 aromatic heterocycles. The summed E-state index contributed by atoms with van der Waals surface area (Å²) in [5.74, 6) is 0. The molecule has 0 bridgehead atoms. The van der Waals surface area contributed by atoms with E-state index >= 15 is 0 Å². The molecule has 6 heteroatoms. The number of nitrogens with one attached hydrogen (secondary N) is 1. The number of nitrogens with zero attached hydrogens (tertiary/aromatic N) is 1. The lowest BCUT2D eigenvalue weighted by molar-refractivity contribution is 0.600. The average molecular weight is 341 g/mol. The SMILES string of the molecule is Cc1cnccc1NS(=O)(=O)c1cc(Br)ccc1C. The molecule has 0 saturated heterocycles. The number of pyridine rings is 1. The summed E-state index contributed by atoms with van der Waals surface area (Å²) in [6.45, 7) is 3.57. The second kappa shape index (κ2) is 5.30. The van der Waals surface area contributed by atoms with Crippen LogP contribution in [0.15, 0.2) is 46.0 Å². The summed E-state index contributed by atoms with van der Waals surface area (Å²) in [7, 11) is -3.60. The number of halogens is 1. The van der Waals surface area contributed by atoms with Gasteiger partial charge in [0.2, 0.25) is 0 Å². The molecule has 0 amide bonds. The zero-order chi connectivity index (χ0) is 14.0. The van der Waals surface area contributed by atoms with Gasteiger partial charge in [-0.05, 0) is 43.2 Å². The van der Waals surface area contributed by atoms with E-state index < -0.39 is 10.0 Å². The van der Waals surface area contributed by atoms with Gasteiger partial charge in [-0.25, -0.2) is 8.42 Å². The largest absolute Gasteiger partial charge is 0.279 e. The summed E-state index contributed by atoms with van der Waals surface area (Å²) in [4.78, 5) is 4.20. The minimum absolute atomic E-state index is 0.262. The molecule has 2 rings (SSSR count). The van der Waals surface area contributed by atoms with Gasteiger partial charge in [0.1, 0.15) is 0 Å². The van der Waals surface area contributed by atoms with Gasteiger partial charge in [-0.3, -0.25) is 9.71 Å². The molecule has 19 heavy (non-hydrogen) atoms. The number of hydrogen-bond acceptors (Lipinski definition) is 3. The Morgan fingerprint density at radius 2 is 1.89 bits per heavy atom. The summed E-state index contributed by atoms with van der Waals surface area (Å²) < 4.78 is 28.1. The van der Waals surface area contributed by atoms with Crippen LogP contribution in [0, 0.1) is 13.8 Å². The first-order valence-electron chi connectivity index (χ1n) is 5.60. The quantitative estimate of drug-likeness (QED) is 0.932. The highest BCUT2D eigenvalue weighted by Gasteiger charge is 2.18. The molecule has 0 radical (unpaired) electrons. The van der Waals surface area contributed by atoms with Crippen LogP contribution in [-0.2, 0) is 10.0 Å². The molecule has 0 spiro atoms. The zero-order valence-electron chi connectivity index (χ0n) is 10.5. The van der Waals surface area contributed by atoms with Crippen LogP contribution in [0.4, 0.5) is 5.69 Å². The van der Waals surface area contributed by atoms with Crippen molar-refractivity contribution in [2.75, 3.05) is 4.72 Å². The minimum atomic E-state index is -3.60. The van der Waals surface area contributed by atoms with Crippen molar-refractivity contribution >= 4 is 31.6 Å². The van der Waals surface area contributed by atoms with Crippen LogP contribution in [0.2, 0.25) is 0 Å². The molecule has 1 aromatic carbocycles. The van der Waals surface area contributed by atoms with Crippen LogP contribution in [0.1, 0.15) is 11.1 Å². The second-order valence-corrected chi connectivity index (χ2v) is 6.77. The fraction of sp³-hybridized carbons (Fsp3) is 0.154. The summed E-state index contributed by atoms with van der Waals surface area (Å²) in [5, 5.41) is 0. The molecule has 1 N–H and O–H groups in total. The zero-order valence-corrected chi connectivity index (χ0v) is 12.9. The highest BCUT2D eigenvalue weighted by molar-refractivity contribution is 9.10. The number of aryl methyl sites for hydroxylation is 2. The molecule has 0 saturated carbocycles. The molecule has 2 aromatic rings. The Hall–Kier alpha value is -1.40. The van der Waals surface area contributed by atoms with Gasteiger partial charge in [0.15, 0.2) is 0 Å². The van der Waals surface area contributed by atoms with Gasteiger partial charge in [0.25, 0.3) is 10.0 Å². The van der Waals surface area contributed by atoms with Gasteiger partial charge < -0.3 is 0 Å². The van der Waals surface area contributed by atoms with Gasteiger partial charge in [-0.15, -0.1) is 0 Å². The van der Waals surface area contributed by atoms with Crippen molar-refractivity contribution in [3.8, 4) is 0 Å². The van der Waals surface area contributed by atoms with Crippen molar-refractivity contribution in [1.29, 1.82) is 0 Å². The lowest BCUT2D eigenvalue weighted by Gasteiger charge is -2.12. The normalized spacial score (nSPS) is 11.3. The van der Waals surface area contributed by atoms with Gasteiger partial charge in [-0.1, -0.05) is 22.0 Å². The van der Waals surface area contributed by atoms with E-state index in [2.05, 4.69) is 25.6 Å². The Kier molecular flexibility index (Phi) is 3.91. The van der Waals surface area contributed by atoms with Crippen LogP contribution in [0.3, 0.4) is 0 Å². The smallest absolute Gasteiger partial charge is 0.262 e. The molecule has 0 unspecified atom stereocenters. The van der Waals surface area contributed by atoms with Crippen molar-refractivity contribution in [3.05, 3.63) is 52.3 Å².